The van der Waals surface area contributed by atoms with Crippen molar-refractivity contribution in [2.45, 2.75) is 0 Å². The molecule has 0 aliphatic carbocycles. The van der Waals surface area contributed by atoms with Gasteiger partial charge in [0.15, 0.2) is 5.69 Å². The molecular formula is C16H14N2O3. The molecule has 3 aromatic rings. The number of hydrogen-bond acceptors (Lipinski definition) is 4. The summed E-state index contributed by atoms with van der Waals surface area (Å²) in [6.07, 6.45) is 0. The number of ether oxygens (including phenoxy) is 1. The summed E-state index contributed by atoms with van der Waals surface area (Å²) >= 11 is 0. The first-order valence-electron chi connectivity index (χ1n) is 6.46. The first-order valence-corrected chi connectivity index (χ1v) is 6.46. The number of carbonyl (C=O) groups is 1. The van der Waals surface area contributed by atoms with Gasteiger partial charge in [0.2, 0.25) is 0 Å². The number of methoxy groups -OCH3 is 1. The van der Waals surface area contributed by atoms with Crippen LogP contribution in [0.1, 0.15) is 10.5 Å². The molecule has 1 aromatic heterocycles. The van der Waals surface area contributed by atoms with Crippen LogP contribution < -0.4 is 0 Å². The number of carbonyl (C=O) groups excluding carboxylic acids is 1. The number of phenols is 1. The van der Waals surface area contributed by atoms with E-state index in [0.29, 0.717) is 22.2 Å². The number of benzene rings is 2. The molecule has 0 saturated heterocycles. The largest absolute Gasteiger partial charge is 0.507 e. The molecule has 0 atom stereocenters. The van der Waals surface area contributed by atoms with Gasteiger partial charge in [0.25, 0.3) is 0 Å². The van der Waals surface area contributed by atoms with Crippen LogP contribution in [0.5, 0.6) is 5.75 Å². The SMILES string of the molecule is COC(=O)c1c2cccc(-c3ccccc3O)c2nn1C. The molecule has 0 amide bonds. The fourth-order valence-corrected chi connectivity index (χ4v) is 2.47. The van der Waals surface area contributed by atoms with E-state index in [0.717, 1.165) is 5.56 Å². The van der Waals surface area contributed by atoms with Crippen molar-refractivity contribution in [1.82, 2.24) is 9.78 Å². The van der Waals surface area contributed by atoms with Crippen LogP contribution in [0.3, 0.4) is 0 Å². The molecule has 5 heteroatoms. The first-order chi connectivity index (χ1) is 10.1. The number of esters is 1. The van der Waals surface area contributed by atoms with Crippen molar-refractivity contribution in [3.8, 4) is 16.9 Å². The number of aryl methyl sites for hydroxylation is 1. The Morgan fingerprint density at radius 1 is 1.14 bits per heavy atom. The van der Waals surface area contributed by atoms with Gasteiger partial charge in [0.05, 0.1) is 7.11 Å². The van der Waals surface area contributed by atoms with Crippen molar-refractivity contribution in [2.75, 3.05) is 7.11 Å². The highest BCUT2D eigenvalue weighted by Gasteiger charge is 2.19. The summed E-state index contributed by atoms with van der Waals surface area (Å²) in [6.45, 7) is 0. The average molecular weight is 282 g/mol. The molecule has 1 heterocycles. The quantitative estimate of drug-likeness (QED) is 0.734. The Kier molecular flexibility index (Phi) is 3.10. The van der Waals surface area contributed by atoms with Crippen molar-refractivity contribution >= 4 is 16.9 Å². The van der Waals surface area contributed by atoms with Gasteiger partial charge in [0, 0.05) is 23.6 Å². The van der Waals surface area contributed by atoms with E-state index in [2.05, 4.69) is 5.10 Å². The highest BCUT2D eigenvalue weighted by atomic mass is 16.5. The van der Waals surface area contributed by atoms with Crippen LogP contribution in [0.4, 0.5) is 0 Å². The first kappa shape index (κ1) is 13.2. The van der Waals surface area contributed by atoms with E-state index >= 15 is 0 Å². The van der Waals surface area contributed by atoms with Gasteiger partial charge in [-0.25, -0.2) is 4.79 Å². The van der Waals surface area contributed by atoms with Crippen LogP contribution >= 0.6 is 0 Å². The molecule has 0 radical (unpaired) electrons. The van der Waals surface area contributed by atoms with Crippen molar-refractivity contribution < 1.29 is 14.6 Å². The van der Waals surface area contributed by atoms with E-state index in [-0.39, 0.29) is 5.75 Å². The normalized spacial score (nSPS) is 10.8. The van der Waals surface area contributed by atoms with E-state index < -0.39 is 5.97 Å². The highest BCUT2D eigenvalue weighted by Crippen LogP contribution is 2.34. The molecule has 5 nitrogen and oxygen atoms in total. The zero-order valence-corrected chi connectivity index (χ0v) is 11.7. The lowest BCUT2D eigenvalue weighted by molar-refractivity contribution is 0.0590. The smallest absolute Gasteiger partial charge is 0.356 e. The molecule has 0 fully saturated rings. The maximum atomic E-state index is 11.9. The predicted molar refractivity (Wildman–Crippen MR) is 79.2 cm³/mol. The fraction of sp³-hybridized carbons (Fsp3) is 0.125. The number of fused-ring (bicyclic) bond motifs is 1. The number of para-hydroxylation sites is 1. The number of rotatable bonds is 2. The summed E-state index contributed by atoms with van der Waals surface area (Å²) in [5, 5.41) is 15.1. The van der Waals surface area contributed by atoms with Crippen LogP contribution in [-0.4, -0.2) is 28.0 Å². The maximum absolute atomic E-state index is 11.9. The minimum absolute atomic E-state index is 0.176. The van der Waals surface area contributed by atoms with Crippen LogP contribution in [0, 0.1) is 0 Å². The van der Waals surface area contributed by atoms with Gasteiger partial charge in [-0.3, -0.25) is 4.68 Å². The minimum atomic E-state index is -0.436. The van der Waals surface area contributed by atoms with Gasteiger partial charge < -0.3 is 9.84 Å². The molecule has 0 bridgehead atoms. The standard InChI is InChI=1S/C16H14N2O3/c1-18-15(16(20)21-2)12-8-5-7-11(14(12)17-18)10-6-3-4-9-13(10)19/h3-9,19H,1-2H3. The highest BCUT2D eigenvalue weighted by molar-refractivity contribution is 6.06. The van der Waals surface area contributed by atoms with Crippen molar-refractivity contribution in [2.24, 2.45) is 7.05 Å². The van der Waals surface area contributed by atoms with E-state index in [9.17, 15) is 9.90 Å². The Morgan fingerprint density at radius 2 is 1.86 bits per heavy atom. The predicted octanol–water partition coefficient (Wildman–Crippen LogP) is 2.73. The van der Waals surface area contributed by atoms with Gasteiger partial charge >= 0.3 is 5.97 Å². The molecule has 1 N–H and O–H groups in total. The third kappa shape index (κ3) is 2.03. The lowest BCUT2D eigenvalue weighted by Gasteiger charge is -2.05. The minimum Gasteiger partial charge on any atom is -0.507 e. The second-order valence-corrected chi connectivity index (χ2v) is 4.68. The molecular weight excluding hydrogens is 268 g/mol. The topological polar surface area (TPSA) is 64.3 Å². The summed E-state index contributed by atoms with van der Waals surface area (Å²) in [6, 6.07) is 12.6. The third-order valence-corrected chi connectivity index (χ3v) is 3.44. The monoisotopic (exact) mass is 282 g/mol. The van der Waals surface area contributed by atoms with Crippen LogP contribution in [0.15, 0.2) is 42.5 Å². The Labute approximate surface area is 121 Å². The van der Waals surface area contributed by atoms with Crippen LogP contribution in [0.25, 0.3) is 22.0 Å². The summed E-state index contributed by atoms with van der Waals surface area (Å²) in [5.74, 6) is -0.260. The number of phenolic OH excluding ortho intramolecular Hbond substituents is 1. The second kappa shape index (κ2) is 4.94. The van der Waals surface area contributed by atoms with Gasteiger partial charge in [0.1, 0.15) is 11.3 Å². The summed E-state index contributed by atoms with van der Waals surface area (Å²) < 4.78 is 6.30. The molecule has 0 aliphatic rings. The summed E-state index contributed by atoms with van der Waals surface area (Å²) in [4.78, 5) is 11.9. The molecule has 106 valence electrons. The molecule has 2 aromatic carbocycles. The van der Waals surface area contributed by atoms with E-state index in [1.54, 1.807) is 19.2 Å². The van der Waals surface area contributed by atoms with Gasteiger partial charge in [-0.15, -0.1) is 0 Å². The zero-order valence-electron chi connectivity index (χ0n) is 11.7. The average Bonchev–Trinajstić information content (AvgIpc) is 2.83. The zero-order chi connectivity index (χ0) is 15.0. The van der Waals surface area contributed by atoms with E-state index in [1.807, 2.05) is 30.3 Å². The molecule has 0 saturated carbocycles. The number of nitrogens with zero attached hydrogens (tertiary/aromatic N) is 2. The Hall–Kier alpha value is -2.82. The lowest BCUT2D eigenvalue weighted by atomic mass is 10.0. The molecule has 21 heavy (non-hydrogen) atoms. The van der Waals surface area contributed by atoms with Gasteiger partial charge in [-0.2, -0.15) is 5.10 Å². The van der Waals surface area contributed by atoms with E-state index in [1.165, 1.54) is 11.8 Å². The number of aromatic hydroxyl groups is 1. The van der Waals surface area contributed by atoms with Gasteiger partial charge in [-0.1, -0.05) is 36.4 Å². The van der Waals surface area contributed by atoms with E-state index in [4.69, 9.17) is 4.74 Å². The number of hydrogen-bond donors (Lipinski definition) is 1. The molecule has 0 unspecified atom stereocenters. The Morgan fingerprint density at radius 3 is 2.57 bits per heavy atom. The van der Waals surface area contributed by atoms with Crippen molar-refractivity contribution in [3.05, 3.63) is 48.2 Å². The molecule has 3 rings (SSSR count). The molecule has 0 spiro atoms. The maximum Gasteiger partial charge on any atom is 0.356 e. The van der Waals surface area contributed by atoms with Crippen LogP contribution in [0.2, 0.25) is 0 Å². The van der Waals surface area contributed by atoms with Gasteiger partial charge in [-0.05, 0) is 6.07 Å². The Bertz CT molecular complexity index is 837. The second-order valence-electron chi connectivity index (χ2n) is 4.68. The molecule has 0 aliphatic heterocycles. The Balaban J connectivity index is 2.32. The fourth-order valence-electron chi connectivity index (χ4n) is 2.47. The number of aromatic nitrogens is 2. The summed E-state index contributed by atoms with van der Waals surface area (Å²) in [7, 11) is 3.04. The summed E-state index contributed by atoms with van der Waals surface area (Å²) in [5.41, 5.74) is 2.50. The van der Waals surface area contributed by atoms with Crippen molar-refractivity contribution in [1.29, 1.82) is 0 Å². The van der Waals surface area contributed by atoms with Crippen molar-refractivity contribution in [3.63, 3.8) is 0 Å². The third-order valence-electron chi connectivity index (χ3n) is 3.44. The lowest BCUT2D eigenvalue weighted by Crippen LogP contribution is -2.08. The van der Waals surface area contributed by atoms with Crippen LogP contribution in [-0.2, 0) is 11.8 Å².